The Balaban J connectivity index is 2.76. The van der Waals surface area contributed by atoms with Crippen LogP contribution in [0.25, 0.3) is 0 Å². The first-order valence-corrected chi connectivity index (χ1v) is 5.19. The van der Waals surface area contributed by atoms with Crippen LogP contribution in [0.2, 0.25) is 0 Å². The van der Waals surface area contributed by atoms with E-state index < -0.39 is 0 Å². The molecule has 0 amide bonds. The van der Waals surface area contributed by atoms with Crippen molar-refractivity contribution >= 4 is 11.4 Å². The van der Waals surface area contributed by atoms with Crippen LogP contribution in [0.5, 0.6) is 0 Å². The molecular formula is C12H20N2O2. The molecule has 0 bridgehead atoms. The van der Waals surface area contributed by atoms with Gasteiger partial charge in [0.1, 0.15) is 13.5 Å². The van der Waals surface area contributed by atoms with Gasteiger partial charge in [-0.15, -0.1) is 0 Å². The number of rotatable bonds is 6. The van der Waals surface area contributed by atoms with Crippen molar-refractivity contribution in [2.24, 2.45) is 0 Å². The fourth-order valence-corrected chi connectivity index (χ4v) is 1.46. The van der Waals surface area contributed by atoms with E-state index in [1.807, 2.05) is 19.0 Å². The highest BCUT2D eigenvalue weighted by molar-refractivity contribution is 5.55. The Morgan fingerprint density at radius 3 is 1.69 bits per heavy atom. The van der Waals surface area contributed by atoms with Crippen molar-refractivity contribution in [2.75, 3.05) is 51.6 Å². The highest BCUT2D eigenvalue weighted by Gasteiger charge is 2.05. The molecule has 0 saturated carbocycles. The summed E-state index contributed by atoms with van der Waals surface area (Å²) >= 11 is 0. The zero-order chi connectivity index (χ0) is 12.0. The van der Waals surface area contributed by atoms with Crippen LogP contribution in [0.3, 0.4) is 0 Å². The van der Waals surface area contributed by atoms with E-state index in [-0.39, 0.29) is 0 Å². The lowest BCUT2D eigenvalue weighted by molar-refractivity contribution is 0.140. The van der Waals surface area contributed by atoms with Crippen LogP contribution in [0, 0.1) is 0 Å². The molecule has 0 heterocycles. The second-order valence-corrected chi connectivity index (χ2v) is 3.79. The number of hydrogen-bond donors (Lipinski definition) is 0. The first kappa shape index (κ1) is 12.8. The van der Waals surface area contributed by atoms with Gasteiger partial charge in [0, 0.05) is 39.7 Å². The number of ether oxygens (including phenoxy) is 2. The van der Waals surface area contributed by atoms with Gasteiger partial charge in [-0.2, -0.15) is 0 Å². The monoisotopic (exact) mass is 224 g/mol. The third-order valence-electron chi connectivity index (χ3n) is 2.30. The average Bonchev–Trinajstić information content (AvgIpc) is 2.29. The second-order valence-electron chi connectivity index (χ2n) is 3.79. The molecule has 4 heteroatoms. The van der Waals surface area contributed by atoms with Gasteiger partial charge in [0.25, 0.3) is 0 Å². The molecule has 1 aromatic rings. The quantitative estimate of drug-likeness (QED) is 0.687. The molecule has 0 fully saturated rings. The molecule has 1 aromatic carbocycles. The molecule has 0 atom stereocenters. The van der Waals surface area contributed by atoms with Gasteiger partial charge in [0.15, 0.2) is 0 Å². The molecule has 0 unspecified atom stereocenters. The first-order chi connectivity index (χ1) is 7.69. The van der Waals surface area contributed by atoms with Crippen molar-refractivity contribution in [1.82, 2.24) is 0 Å². The van der Waals surface area contributed by atoms with Gasteiger partial charge < -0.3 is 19.3 Å². The van der Waals surface area contributed by atoms with E-state index in [0.29, 0.717) is 13.5 Å². The smallest absolute Gasteiger partial charge is 0.120 e. The summed E-state index contributed by atoms with van der Waals surface area (Å²) in [6, 6.07) is 8.28. The zero-order valence-corrected chi connectivity index (χ0v) is 10.4. The SMILES string of the molecule is COCN(COC)c1ccc(N(C)C)cc1. The van der Waals surface area contributed by atoms with Gasteiger partial charge in [0.2, 0.25) is 0 Å². The van der Waals surface area contributed by atoms with Crippen molar-refractivity contribution < 1.29 is 9.47 Å². The van der Waals surface area contributed by atoms with Gasteiger partial charge >= 0.3 is 0 Å². The van der Waals surface area contributed by atoms with E-state index in [9.17, 15) is 0 Å². The lowest BCUT2D eigenvalue weighted by atomic mass is 10.2. The van der Waals surface area contributed by atoms with Gasteiger partial charge in [0.05, 0.1) is 0 Å². The summed E-state index contributed by atoms with van der Waals surface area (Å²) in [5.74, 6) is 0. The van der Waals surface area contributed by atoms with Crippen molar-refractivity contribution in [3.05, 3.63) is 24.3 Å². The predicted molar refractivity (Wildman–Crippen MR) is 67.0 cm³/mol. The molecule has 0 aliphatic carbocycles. The van der Waals surface area contributed by atoms with E-state index in [0.717, 1.165) is 5.69 Å². The summed E-state index contributed by atoms with van der Waals surface area (Å²) in [5.41, 5.74) is 2.27. The maximum Gasteiger partial charge on any atom is 0.120 e. The number of hydrogen-bond acceptors (Lipinski definition) is 4. The molecule has 0 saturated heterocycles. The Bertz CT molecular complexity index is 292. The summed E-state index contributed by atoms with van der Waals surface area (Å²) in [4.78, 5) is 4.08. The molecule has 90 valence electrons. The van der Waals surface area contributed by atoms with Gasteiger partial charge in [-0.3, -0.25) is 0 Å². The van der Waals surface area contributed by atoms with Crippen LogP contribution in [-0.2, 0) is 9.47 Å². The van der Waals surface area contributed by atoms with E-state index in [4.69, 9.17) is 9.47 Å². The average molecular weight is 224 g/mol. The van der Waals surface area contributed by atoms with Crippen molar-refractivity contribution in [1.29, 1.82) is 0 Å². The fraction of sp³-hybridized carbons (Fsp3) is 0.500. The Labute approximate surface area is 97.4 Å². The van der Waals surface area contributed by atoms with Gasteiger partial charge in [-0.05, 0) is 24.3 Å². The largest absolute Gasteiger partial charge is 0.378 e. The number of methoxy groups -OCH3 is 2. The van der Waals surface area contributed by atoms with E-state index >= 15 is 0 Å². The Hall–Kier alpha value is -1.26. The Morgan fingerprint density at radius 1 is 0.875 bits per heavy atom. The summed E-state index contributed by atoms with van der Waals surface area (Å²) in [7, 11) is 7.40. The molecule has 16 heavy (non-hydrogen) atoms. The Morgan fingerprint density at radius 2 is 1.31 bits per heavy atom. The topological polar surface area (TPSA) is 24.9 Å². The van der Waals surface area contributed by atoms with Crippen LogP contribution in [0.1, 0.15) is 0 Å². The standard InChI is InChI=1S/C12H20N2O2/c1-13(2)11-5-7-12(8-6-11)14(9-15-3)10-16-4/h5-8H,9-10H2,1-4H3. The zero-order valence-electron chi connectivity index (χ0n) is 10.4. The van der Waals surface area contributed by atoms with Crippen LogP contribution >= 0.6 is 0 Å². The van der Waals surface area contributed by atoms with Crippen LogP contribution < -0.4 is 9.80 Å². The molecule has 0 N–H and O–H groups in total. The van der Waals surface area contributed by atoms with Crippen molar-refractivity contribution in [3.8, 4) is 0 Å². The third kappa shape index (κ3) is 3.40. The molecular weight excluding hydrogens is 204 g/mol. The van der Waals surface area contributed by atoms with E-state index in [1.54, 1.807) is 14.2 Å². The normalized spacial score (nSPS) is 10.2. The minimum atomic E-state index is 0.523. The minimum Gasteiger partial charge on any atom is -0.378 e. The first-order valence-electron chi connectivity index (χ1n) is 5.19. The summed E-state index contributed by atoms with van der Waals surface area (Å²) in [6.45, 7) is 1.05. The van der Waals surface area contributed by atoms with Crippen LogP contribution in [-0.4, -0.2) is 41.8 Å². The maximum absolute atomic E-state index is 5.12. The lowest BCUT2D eigenvalue weighted by Gasteiger charge is -2.23. The van der Waals surface area contributed by atoms with Gasteiger partial charge in [-0.25, -0.2) is 0 Å². The molecule has 0 spiro atoms. The summed E-state index contributed by atoms with van der Waals surface area (Å²) < 4.78 is 10.2. The molecule has 4 nitrogen and oxygen atoms in total. The molecule has 0 radical (unpaired) electrons. The molecule has 0 aromatic heterocycles. The summed E-state index contributed by atoms with van der Waals surface area (Å²) in [6.07, 6.45) is 0. The van der Waals surface area contributed by atoms with Crippen LogP contribution in [0.4, 0.5) is 11.4 Å². The summed E-state index contributed by atoms with van der Waals surface area (Å²) in [5, 5.41) is 0. The van der Waals surface area contributed by atoms with Crippen molar-refractivity contribution in [3.63, 3.8) is 0 Å². The number of anilines is 2. The van der Waals surface area contributed by atoms with E-state index in [2.05, 4.69) is 29.2 Å². The minimum absolute atomic E-state index is 0.523. The second kappa shape index (κ2) is 6.35. The third-order valence-corrected chi connectivity index (χ3v) is 2.30. The van der Waals surface area contributed by atoms with E-state index in [1.165, 1.54) is 5.69 Å². The number of benzene rings is 1. The molecule has 0 aliphatic rings. The highest BCUT2D eigenvalue weighted by atomic mass is 16.5. The van der Waals surface area contributed by atoms with Crippen molar-refractivity contribution in [2.45, 2.75) is 0 Å². The van der Waals surface area contributed by atoms with Crippen LogP contribution in [0.15, 0.2) is 24.3 Å². The molecule has 0 aliphatic heterocycles. The van der Waals surface area contributed by atoms with Gasteiger partial charge in [-0.1, -0.05) is 0 Å². The predicted octanol–water partition coefficient (Wildman–Crippen LogP) is 1.77. The maximum atomic E-state index is 5.12. The lowest BCUT2D eigenvalue weighted by Crippen LogP contribution is -2.27. The fourth-order valence-electron chi connectivity index (χ4n) is 1.46. The number of nitrogens with zero attached hydrogens (tertiary/aromatic N) is 2. The Kier molecular flexibility index (Phi) is 5.08. The highest BCUT2D eigenvalue weighted by Crippen LogP contribution is 2.19. The molecule has 1 rings (SSSR count).